The van der Waals surface area contributed by atoms with Crippen LogP contribution < -0.4 is 4.74 Å². The molecule has 4 rings (SSSR count). The van der Waals surface area contributed by atoms with Crippen molar-refractivity contribution < 1.29 is 4.74 Å². The van der Waals surface area contributed by atoms with E-state index in [1.54, 1.807) is 7.11 Å². The molecule has 0 N–H and O–H groups in total. The Hall–Kier alpha value is -1.46. The minimum atomic E-state index is -0.0353. The zero-order chi connectivity index (χ0) is 15.8. The standard InChI is InChI=1S/C20H16IOS/c1-22-17-7-9-18(10-8-17)23-19-5-3-2-4-14(19)12-15-13-16(21)6-11-20(15)23/h2-11,13H,12H2,1H3/q+1. The van der Waals surface area contributed by atoms with E-state index in [9.17, 15) is 0 Å². The van der Waals surface area contributed by atoms with Crippen LogP contribution in [0.25, 0.3) is 0 Å². The summed E-state index contributed by atoms with van der Waals surface area (Å²) in [5, 5.41) is 0. The Bertz CT molecular complexity index is 858. The summed E-state index contributed by atoms with van der Waals surface area (Å²) >= 11 is 2.40. The summed E-state index contributed by atoms with van der Waals surface area (Å²) in [6.45, 7) is 0. The molecule has 1 nitrogen and oxygen atoms in total. The molecule has 0 saturated heterocycles. The molecule has 1 unspecified atom stereocenters. The van der Waals surface area contributed by atoms with Crippen LogP contribution in [0.1, 0.15) is 11.1 Å². The first-order valence-electron chi connectivity index (χ1n) is 7.51. The smallest absolute Gasteiger partial charge is 0.170 e. The van der Waals surface area contributed by atoms with Gasteiger partial charge < -0.3 is 4.74 Å². The fourth-order valence-corrected chi connectivity index (χ4v) is 5.95. The summed E-state index contributed by atoms with van der Waals surface area (Å²) in [4.78, 5) is 4.25. The third-order valence-corrected chi connectivity index (χ3v) is 7.20. The number of hydrogen-bond donors (Lipinski definition) is 0. The molecule has 0 radical (unpaired) electrons. The van der Waals surface area contributed by atoms with E-state index < -0.39 is 0 Å². The Morgan fingerprint density at radius 1 is 0.870 bits per heavy atom. The summed E-state index contributed by atoms with van der Waals surface area (Å²) in [6.07, 6.45) is 1.03. The van der Waals surface area contributed by atoms with Gasteiger partial charge in [-0.15, -0.1) is 0 Å². The molecule has 3 aromatic carbocycles. The van der Waals surface area contributed by atoms with Gasteiger partial charge in [-0.3, -0.25) is 0 Å². The number of ether oxygens (including phenoxy) is 1. The molecule has 114 valence electrons. The van der Waals surface area contributed by atoms with Crippen molar-refractivity contribution in [1.29, 1.82) is 0 Å². The number of rotatable bonds is 2. The molecule has 0 aromatic heterocycles. The van der Waals surface area contributed by atoms with E-state index >= 15 is 0 Å². The van der Waals surface area contributed by atoms with Crippen LogP contribution in [-0.4, -0.2) is 7.11 Å². The quantitative estimate of drug-likeness (QED) is 0.309. The van der Waals surface area contributed by atoms with Gasteiger partial charge in [0.25, 0.3) is 0 Å². The number of hydrogen-bond acceptors (Lipinski definition) is 1. The Morgan fingerprint density at radius 3 is 2.39 bits per heavy atom. The van der Waals surface area contributed by atoms with E-state index in [0.717, 1.165) is 12.2 Å². The summed E-state index contributed by atoms with van der Waals surface area (Å²) < 4.78 is 6.62. The molecule has 1 heterocycles. The first kappa shape index (κ1) is 15.1. The molecule has 3 heteroatoms. The summed E-state index contributed by atoms with van der Waals surface area (Å²) in [5.74, 6) is 0.908. The third kappa shape index (κ3) is 2.76. The zero-order valence-electron chi connectivity index (χ0n) is 12.8. The van der Waals surface area contributed by atoms with Gasteiger partial charge in [0.15, 0.2) is 14.7 Å². The zero-order valence-corrected chi connectivity index (χ0v) is 15.7. The van der Waals surface area contributed by atoms with E-state index in [2.05, 4.69) is 89.3 Å². The van der Waals surface area contributed by atoms with Crippen molar-refractivity contribution in [3.8, 4) is 5.75 Å². The van der Waals surface area contributed by atoms with Crippen LogP contribution in [-0.2, 0) is 17.3 Å². The lowest BCUT2D eigenvalue weighted by Crippen LogP contribution is -2.15. The average molecular weight is 431 g/mol. The SMILES string of the molecule is COc1ccc([S+]2c3ccccc3Cc3cc(I)ccc32)cc1. The van der Waals surface area contributed by atoms with Crippen molar-refractivity contribution >= 4 is 33.5 Å². The van der Waals surface area contributed by atoms with Crippen molar-refractivity contribution in [2.24, 2.45) is 0 Å². The Morgan fingerprint density at radius 2 is 1.61 bits per heavy atom. The van der Waals surface area contributed by atoms with Crippen molar-refractivity contribution in [2.45, 2.75) is 21.1 Å². The molecule has 0 saturated carbocycles. The predicted molar refractivity (Wildman–Crippen MR) is 104 cm³/mol. The summed E-state index contributed by atoms with van der Waals surface area (Å²) in [7, 11) is 1.68. The van der Waals surface area contributed by atoms with Crippen LogP contribution in [0.15, 0.2) is 81.4 Å². The van der Waals surface area contributed by atoms with Gasteiger partial charge in [0.2, 0.25) is 0 Å². The van der Waals surface area contributed by atoms with E-state index in [1.807, 2.05) is 0 Å². The highest BCUT2D eigenvalue weighted by Crippen LogP contribution is 2.41. The number of fused-ring (bicyclic) bond motifs is 2. The van der Waals surface area contributed by atoms with Crippen LogP contribution >= 0.6 is 22.6 Å². The molecule has 0 bridgehead atoms. The van der Waals surface area contributed by atoms with E-state index in [1.165, 1.54) is 29.4 Å². The monoisotopic (exact) mass is 431 g/mol. The Balaban J connectivity index is 1.90. The van der Waals surface area contributed by atoms with Crippen LogP contribution in [0.5, 0.6) is 5.75 Å². The van der Waals surface area contributed by atoms with Gasteiger partial charge in [0.1, 0.15) is 5.75 Å². The van der Waals surface area contributed by atoms with Crippen LogP contribution in [0.3, 0.4) is 0 Å². The van der Waals surface area contributed by atoms with Gasteiger partial charge >= 0.3 is 0 Å². The van der Waals surface area contributed by atoms with Crippen molar-refractivity contribution in [3.05, 3.63) is 81.4 Å². The van der Waals surface area contributed by atoms with E-state index in [4.69, 9.17) is 4.74 Å². The maximum atomic E-state index is 5.31. The topological polar surface area (TPSA) is 9.23 Å². The van der Waals surface area contributed by atoms with Crippen LogP contribution in [0.4, 0.5) is 0 Å². The first-order chi connectivity index (χ1) is 11.3. The lowest BCUT2D eigenvalue weighted by atomic mass is 10.0. The predicted octanol–water partition coefficient (Wildman–Crippen LogP) is 5.30. The largest absolute Gasteiger partial charge is 0.497 e. The summed E-state index contributed by atoms with van der Waals surface area (Å²) in [6, 6.07) is 24.2. The lowest BCUT2D eigenvalue weighted by Gasteiger charge is -2.19. The van der Waals surface area contributed by atoms with E-state index in [0.29, 0.717) is 0 Å². The van der Waals surface area contributed by atoms with Crippen molar-refractivity contribution in [1.82, 2.24) is 0 Å². The first-order valence-corrected chi connectivity index (χ1v) is 9.81. The van der Waals surface area contributed by atoms with Gasteiger partial charge in [-0.2, -0.15) is 0 Å². The lowest BCUT2D eigenvalue weighted by molar-refractivity contribution is 0.414. The van der Waals surface area contributed by atoms with Gasteiger partial charge in [-0.05, 0) is 71.1 Å². The molecule has 0 fully saturated rings. The fraction of sp³-hybridized carbons (Fsp3) is 0.100. The highest BCUT2D eigenvalue weighted by molar-refractivity contribution is 14.1. The number of benzene rings is 3. The third-order valence-electron chi connectivity index (χ3n) is 4.11. The number of methoxy groups -OCH3 is 1. The van der Waals surface area contributed by atoms with Gasteiger partial charge in [0.05, 0.1) is 18.0 Å². The normalized spacial score (nSPS) is 15.7. The molecule has 0 spiro atoms. The molecule has 23 heavy (non-hydrogen) atoms. The molecule has 1 aliphatic rings. The molecule has 3 aromatic rings. The van der Waals surface area contributed by atoms with Gasteiger partial charge in [-0.25, -0.2) is 0 Å². The fourth-order valence-electron chi connectivity index (χ4n) is 3.02. The molecular weight excluding hydrogens is 415 g/mol. The summed E-state index contributed by atoms with van der Waals surface area (Å²) in [5.41, 5.74) is 2.90. The second-order valence-electron chi connectivity index (χ2n) is 5.52. The highest BCUT2D eigenvalue weighted by Gasteiger charge is 2.37. The molecule has 0 aliphatic carbocycles. The van der Waals surface area contributed by atoms with Crippen LogP contribution in [0, 0.1) is 3.57 Å². The van der Waals surface area contributed by atoms with Crippen LogP contribution in [0.2, 0.25) is 0 Å². The minimum Gasteiger partial charge on any atom is -0.497 e. The second kappa shape index (κ2) is 6.21. The Kier molecular flexibility index (Phi) is 4.07. The maximum Gasteiger partial charge on any atom is 0.170 e. The molecule has 0 amide bonds. The minimum absolute atomic E-state index is 0.0353. The van der Waals surface area contributed by atoms with E-state index in [-0.39, 0.29) is 10.9 Å². The second-order valence-corrected chi connectivity index (χ2v) is 8.73. The maximum absolute atomic E-state index is 5.31. The van der Waals surface area contributed by atoms with Crippen molar-refractivity contribution in [2.75, 3.05) is 7.11 Å². The highest BCUT2D eigenvalue weighted by atomic mass is 127. The molecule has 1 aliphatic heterocycles. The van der Waals surface area contributed by atoms with Gasteiger partial charge in [0, 0.05) is 21.1 Å². The van der Waals surface area contributed by atoms with Crippen molar-refractivity contribution in [3.63, 3.8) is 0 Å². The Labute approximate surface area is 153 Å². The average Bonchev–Trinajstić information content (AvgIpc) is 2.59. The molecular formula is C20H16IOS+. The number of halogens is 1. The van der Waals surface area contributed by atoms with Gasteiger partial charge in [-0.1, -0.05) is 18.2 Å². The molecule has 1 atom stereocenters.